The van der Waals surface area contributed by atoms with Crippen LogP contribution in [0.5, 0.6) is 5.75 Å². The lowest BCUT2D eigenvalue weighted by molar-refractivity contribution is -0.129. The van der Waals surface area contributed by atoms with Gasteiger partial charge in [0, 0.05) is 13.1 Å². The fourth-order valence-electron chi connectivity index (χ4n) is 2.88. The summed E-state index contributed by atoms with van der Waals surface area (Å²) in [6.45, 7) is 9.07. The molecule has 0 spiro atoms. The first-order valence-electron chi connectivity index (χ1n) is 8.99. The Balaban J connectivity index is 2.20. The molecule has 0 aliphatic carbocycles. The second-order valence-corrected chi connectivity index (χ2v) is 6.50. The Morgan fingerprint density at radius 1 is 1.15 bits per heavy atom. The van der Waals surface area contributed by atoms with Crippen molar-refractivity contribution in [2.24, 2.45) is 0 Å². The van der Waals surface area contributed by atoms with E-state index in [-0.39, 0.29) is 24.3 Å². The first kappa shape index (κ1) is 20.6. The van der Waals surface area contributed by atoms with Crippen molar-refractivity contribution in [1.29, 1.82) is 0 Å². The van der Waals surface area contributed by atoms with Gasteiger partial charge in [0.25, 0.3) is 0 Å². The van der Waals surface area contributed by atoms with Crippen molar-refractivity contribution >= 4 is 5.91 Å². The number of amides is 1. The molecule has 27 heavy (non-hydrogen) atoms. The van der Waals surface area contributed by atoms with Gasteiger partial charge in [-0.15, -0.1) is 0 Å². The van der Waals surface area contributed by atoms with E-state index in [0.29, 0.717) is 13.1 Å². The van der Waals surface area contributed by atoms with E-state index in [9.17, 15) is 9.18 Å². The zero-order valence-corrected chi connectivity index (χ0v) is 16.2. The molecule has 0 saturated carbocycles. The maximum atomic E-state index is 13.3. The molecule has 5 heteroatoms. The van der Waals surface area contributed by atoms with Crippen LogP contribution >= 0.6 is 0 Å². The molecule has 2 rings (SSSR count). The van der Waals surface area contributed by atoms with E-state index >= 15 is 0 Å². The second kappa shape index (κ2) is 9.88. The van der Waals surface area contributed by atoms with E-state index in [1.165, 1.54) is 12.1 Å². The Bertz CT molecular complexity index is 757. The van der Waals surface area contributed by atoms with E-state index in [1.807, 2.05) is 38.1 Å². The number of likely N-dealkylation sites (N-methyl/N-ethyl adjacent to an activating group) is 1. The number of benzene rings is 2. The van der Waals surface area contributed by atoms with Gasteiger partial charge in [-0.25, -0.2) is 4.39 Å². The topological polar surface area (TPSA) is 41.6 Å². The number of hydrogen-bond acceptors (Lipinski definition) is 3. The first-order chi connectivity index (χ1) is 12.9. The highest BCUT2D eigenvalue weighted by Crippen LogP contribution is 2.24. The predicted molar refractivity (Wildman–Crippen MR) is 106 cm³/mol. The van der Waals surface area contributed by atoms with Gasteiger partial charge in [-0.05, 0) is 49.2 Å². The molecule has 1 atom stereocenters. The number of methoxy groups -OCH3 is 1. The Morgan fingerprint density at radius 3 is 2.19 bits per heavy atom. The van der Waals surface area contributed by atoms with Gasteiger partial charge >= 0.3 is 0 Å². The van der Waals surface area contributed by atoms with Crippen LogP contribution in [0.1, 0.15) is 31.0 Å². The number of carbonyl (C=O) groups excluding carboxylic acids is 1. The highest BCUT2D eigenvalue weighted by Gasteiger charge is 2.18. The number of carbonyl (C=O) groups is 1. The largest absolute Gasteiger partial charge is 0.497 e. The summed E-state index contributed by atoms with van der Waals surface area (Å²) in [6.07, 6.45) is 0. The quantitative estimate of drug-likeness (QED) is 0.680. The number of hydrogen-bond donors (Lipinski definition) is 1. The van der Waals surface area contributed by atoms with Gasteiger partial charge < -0.3 is 9.64 Å². The fourth-order valence-corrected chi connectivity index (χ4v) is 2.88. The number of ether oxygens (including phenoxy) is 1. The second-order valence-electron chi connectivity index (χ2n) is 6.50. The summed E-state index contributed by atoms with van der Waals surface area (Å²) >= 11 is 0. The van der Waals surface area contributed by atoms with Gasteiger partial charge in [0.1, 0.15) is 11.6 Å². The molecular weight excluding hydrogens is 343 g/mol. The molecule has 0 aromatic heterocycles. The highest BCUT2D eigenvalue weighted by atomic mass is 19.1. The average molecular weight is 370 g/mol. The van der Waals surface area contributed by atoms with E-state index in [0.717, 1.165) is 22.4 Å². The molecule has 4 nitrogen and oxygen atoms in total. The molecule has 144 valence electrons. The molecule has 0 bridgehead atoms. The predicted octanol–water partition coefficient (Wildman–Crippen LogP) is 3.94. The van der Waals surface area contributed by atoms with E-state index < -0.39 is 0 Å². The van der Waals surface area contributed by atoms with Crippen molar-refractivity contribution in [2.75, 3.05) is 26.7 Å². The lowest BCUT2D eigenvalue weighted by atomic mass is 9.98. The molecule has 0 fully saturated rings. The van der Waals surface area contributed by atoms with Crippen LogP contribution in [0.2, 0.25) is 0 Å². The smallest absolute Gasteiger partial charge is 0.236 e. The van der Waals surface area contributed by atoms with Crippen molar-refractivity contribution in [2.45, 2.75) is 19.9 Å². The summed E-state index contributed by atoms with van der Waals surface area (Å²) in [5.41, 5.74) is 2.80. The number of rotatable bonds is 9. The number of nitrogens with zero attached hydrogens (tertiary/aromatic N) is 1. The van der Waals surface area contributed by atoms with Crippen molar-refractivity contribution in [3.63, 3.8) is 0 Å². The summed E-state index contributed by atoms with van der Waals surface area (Å²) < 4.78 is 18.5. The maximum Gasteiger partial charge on any atom is 0.236 e. The van der Waals surface area contributed by atoms with Gasteiger partial charge in [0.15, 0.2) is 0 Å². The molecule has 0 aliphatic heterocycles. The maximum absolute atomic E-state index is 13.3. The Labute approximate surface area is 160 Å². The van der Waals surface area contributed by atoms with Gasteiger partial charge in [0.2, 0.25) is 5.91 Å². The minimum absolute atomic E-state index is 0.00104. The van der Waals surface area contributed by atoms with Crippen molar-refractivity contribution < 1.29 is 13.9 Å². The van der Waals surface area contributed by atoms with Crippen LogP contribution in [-0.2, 0) is 4.79 Å². The van der Waals surface area contributed by atoms with E-state index in [4.69, 9.17) is 4.74 Å². The third kappa shape index (κ3) is 5.93. The summed E-state index contributed by atoms with van der Waals surface area (Å²) in [5.74, 6) is 0.467. The lowest BCUT2D eigenvalue weighted by Crippen LogP contribution is -2.40. The third-order valence-electron chi connectivity index (χ3n) is 4.31. The van der Waals surface area contributed by atoms with E-state index in [1.54, 1.807) is 24.1 Å². The van der Waals surface area contributed by atoms with Gasteiger partial charge in [0.05, 0.1) is 19.7 Å². The van der Waals surface area contributed by atoms with Crippen LogP contribution in [0.3, 0.4) is 0 Å². The zero-order chi connectivity index (χ0) is 19.8. The SMILES string of the molecule is C=C(C)CN(CC)C(=O)CN[C@@H](c1ccc(F)cc1)c1ccc(OC)cc1. The molecular formula is C22H27FN2O2. The van der Waals surface area contributed by atoms with Crippen LogP contribution in [-0.4, -0.2) is 37.6 Å². The van der Waals surface area contributed by atoms with Crippen LogP contribution in [0.15, 0.2) is 60.7 Å². The van der Waals surface area contributed by atoms with Crippen molar-refractivity contribution in [3.8, 4) is 5.75 Å². The minimum Gasteiger partial charge on any atom is -0.497 e. The number of halogens is 1. The Morgan fingerprint density at radius 2 is 1.70 bits per heavy atom. The van der Waals surface area contributed by atoms with Crippen LogP contribution in [0.4, 0.5) is 4.39 Å². The fraction of sp³-hybridized carbons (Fsp3) is 0.318. The minimum atomic E-state index is -0.290. The van der Waals surface area contributed by atoms with Crippen LogP contribution in [0.25, 0.3) is 0 Å². The standard InChI is InChI=1S/C22H27FN2O2/c1-5-25(15-16(2)3)21(26)14-24-22(17-6-10-19(23)11-7-17)18-8-12-20(27-4)13-9-18/h6-13,22,24H,2,5,14-15H2,1,3-4H3/t22-/m0/s1. The zero-order valence-electron chi connectivity index (χ0n) is 16.2. The van der Waals surface area contributed by atoms with Crippen molar-refractivity contribution in [1.82, 2.24) is 10.2 Å². The molecule has 0 heterocycles. The summed E-state index contributed by atoms with van der Waals surface area (Å²) in [5, 5.41) is 3.31. The summed E-state index contributed by atoms with van der Waals surface area (Å²) in [4.78, 5) is 14.3. The third-order valence-corrected chi connectivity index (χ3v) is 4.31. The average Bonchev–Trinajstić information content (AvgIpc) is 2.67. The molecule has 2 aromatic carbocycles. The molecule has 2 aromatic rings. The monoisotopic (exact) mass is 370 g/mol. The normalized spacial score (nSPS) is 11.7. The molecule has 1 N–H and O–H groups in total. The Kier molecular flexibility index (Phi) is 7.55. The van der Waals surface area contributed by atoms with Gasteiger partial charge in [-0.3, -0.25) is 10.1 Å². The summed E-state index contributed by atoms with van der Waals surface area (Å²) in [7, 11) is 1.62. The lowest BCUT2D eigenvalue weighted by Gasteiger charge is -2.24. The molecule has 0 saturated heterocycles. The van der Waals surface area contributed by atoms with Crippen LogP contribution < -0.4 is 10.1 Å². The molecule has 0 aliphatic rings. The number of nitrogens with one attached hydrogen (secondary N) is 1. The van der Waals surface area contributed by atoms with Crippen LogP contribution in [0, 0.1) is 5.82 Å². The summed E-state index contributed by atoms with van der Waals surface area (Å²) in [6, 6.07) is 13.7. The van der Waals surface area contributed by atoms with E-state index in [2.05, 4.69) is 11.9 Å². The van der Waals surface area contributed by atoms with Gasteiger partial charge in [-0.1, -0.05) is 36.4 Å². The van der Waals surface area contributed by atoms with Crippen molar-refractivity contribution in [3.05, 3.63) is 77.6 Å². The Hall–Kier alpha value is -2.66. The van der Waals surface area contributed by atoms with Gasteiger partial charge in [-0.2, -0.15) is 0 Å². The molecule has 0 radical (unpaired) electrons. The first-order valence-corrected chi connectivity index (χ1v) is 8.99. The highest BCUT2D eigenvalue weighted by molar-refractivity contribution is 5.78. The molecule has 1 amide bonds. The molecule has 0 unspecified atom stereocenters.